The van der Waals surface area contributed by atoms with Gasteiger partial charge in [-0.1, -0.05) is 42.5 Å². The Balaban J connectivity index is 0.00000408. The number of hydrogen-bond acceptors (Lipinski definition) is 5. The number of para-hydroxylation sites is 1. The molecule has 0 radical (unpaired) electrons. The van der Waals surface area contributed by atoms with E-state index in [0.717, 1.165) is 16.9 Å². The van der Waals surface area contributed by atoms with E-state index in [4.69, 9.17) is 4.74 Å². The normalized spacial score (nSPS) is 15.8. The molecule has 0 spiro atoms. The van der Waals surface area contributed by atoms with Crippen molar-refractivity contribution in [1.82, 2.24) is 15.5 Å². The molecule has 34 heavy (non-hydrogen) atoms. The van der Waals surface area contributed by atoms with E-state index in [0.29, 0.717) is 12.0 Å². The zero-order valence-corrected chi connectivity index (χ0v) is 18.3. The fraction of sp³-hybridized carbons (Fsp3) is 0.250. The van der Waals surface area contributed by atoms with Gasteiger partial charge >= 0.3 is 41.6 Å². The molecule has 0 fully saturated rings. The van der Waals surface area contributed by atoms with E-state index in [1.807, 2.05) is 36.4 Å². The standard InChI is InChI=1S/C24H25N3O6.Na.H/c1-27-11-10-19(28)22(23(27)31)26-24(32)25-18(14-21(29)30)16-8-5-6-15(12-16)13-17-7-3-4-9-20(17)33-2;;/h3-12,18,22H,13-14H2,1-2H3,(H,29,30)(H2,25,26,32);;. The van der Waals surface area contributed by atoms with E-state index in [9.17, 15) is 24.3 Å². The van der Waals surface area contributed by atoms with Crippen molar-refractivity contribution in [3.8, 4) is 5.75 Å². The maximum absolute atomic E-state index is 12.6. The average Bonchev–Trinajstić information content (AvgIpc) is 2.79. The van der Waals surface area contributed by atoms with Gasteiger partial charge in [-0.25, -0.2) is 4.79 Å². The SMILES string of the molecule is COc1ccccc1Cc1cccc(C(CC(=O)O)NC(=O)NC2C(=O)C=CN(C)C2=O)c1.[NaH]. The Bertz CT molecular complexity index is 1100. The van der Waals surface area contributed by atoms with Crippen molar-refractivity contribution in [3.63, 3.8) is 0 Å². The molecule has 10 heteroatoms. The third-order valence-corrected chi connectivity index (χ3v) is 5.24. The topological polar surface area (TPSA) is 125 Å². The number of amides is 3. The number of nitrogens with zero attached hydrogens (tertiary/aromatic N) is 1. The molecule has 1 aliphatic heterocycles. The molecule has 0 aromatic heterocycles. The van der Waals surface area contributed by atoms with Gasteiger partial charge in [0.15, 0.2) is 11.8 Å². The van der Waals surface area contributed by atoms with Crippen molar-refractivity contribution < 1.29 is 29.0 Å². The van der Waals surface area contributed by atoms with Gasteiger partial charge in [0.05, 0.1) is 19.6 Å². The molecule has 174 valence electrons. The van der Waals surface area contributed by atoms with Gasteiger partial charge in [0, 0.05) is 25.7 Å². The van der Waals surface area contributed by atoms with Gasteiger partial charge in [-0.15, -0.1) is 0 Å². The van der Waals surface area contributed by atoms with E-state index >= 15 is 0 Å². The average molecular weight is 475 g/mol. The van der Waals surface area contributed by atoms with Crippen molar-refractivity contribution >= 4 is 53.2 Å². The van der Waals surface area contributed by atoms with Crippen LogP contribution in [0.1, 0.15) is 29.2 Å². The molecule has 2 aromatic carbocycles. The van der Waals surface area contributed by atoms with Crippen LogP contribution < -0.4 is 15.4 Å². The molecule has 2 unspecified atom stereocenters. The molecular weight excluding hydrogens is 449 g/mol. The number of nitrogens with one attached hydrogen (secondary N) is 2. The quantitative estimate of drug-likeness (QED) is 0.391. The van der Waals surface area contributed by atoms with Gasteiger partial charge in [-0.2, -0.15) is 0 Å². The van der Waals surface area contributed by atoms with Crippen molar-refractivity contribution in [2.45, 2.75) is 24.9 Å². The van der Waals surface area contributed by atoms with Crippen LogP contribution >= 0.6 is 0 Å². The van der Waals surface area contributed by atoms with Crippen LogP contribution in [0.25, 0.3) is 0 Å². The van der Waals surface area contributed by atoms with Crippen molar-refractivity contribution in [3.05, 3.63) is 77.5 Å². The Morgan fingerprint density at radius 2 is 1.88 bits per heavy atom. The minimum atomic E-state index is -1.36. The van der Waals surface area contributed by atoms with Crippen LogP contribution in [0, 0.1) is 0 Å². The summed E-state index contributed by atoms with van der Waals surface area (Å²) in [5.74, 6) is -1.50. The summed E-state index contributed by atoms with van der Waals surface area (Å²) in [7, 11) is 3.06. The van der Waals surface area contributed by atoms with Crippen molar-refractivity contribution in [1.29, 1.82) is 0 Å². The van der Waals surface area contributed by atoms with Crippen LogP contribution in [0.5, 0.6) is 5.75 Å². The van der Waals surface area contributed by atoms with Gasteiger partial charge in [0.2, 0.25) is 0 Å². The van der Waals surface area contributed by atoms with E-state index in [-0.39, 0.29) is 36.0 Å². The molecule has 2 aromatic rings. The second-order valence-corrected chi connectivity index (χ2v) is 7.60. The number of carboxylic acid groups (broad SMARTS) is 1. The molecule has 1 heterocycles. The molecule has 0 saturated carbocycles. The summed E-state index contributed by atoms with van der Waals surface area (Å²) in [5.41, 5.74) is 2.45. The van der Waals surface area contributed by atoms with Gasteiger partial charge in [0.1, 0.15) is 5.75 Å². The number of aliphatic carboxylic acids is 1. The number of hydrogen-bond donors (Lipinski definition) is 3. The summed E-state index contributed by atoms with van der Waals surface area (Å²) in [6, 6.07) is 11.7. The Morgan fingerprint density at radius 3 is 2.59 bits per heavy atom. The Hall–Kier alpha value is -3.14. The number of methoxy groups -OCH3 is 1. The molecule has 3 rings (SSSR count). The number of urea groups is 1. The Morgan fingerprint density at radius 1 is 1.15 bits per heavy atom. The fourth-order valence-corrected chi connectivity index (χ4v) is 3.56. The fourth-order valence-electron chi connectivity index (χ4n) is 3.56. The third-order valence-electron chi connectivity index (χ3n) is 5.24. The molecule has 3 amide bonds. The molecule has 2 atom stereocenters. The predicted molar refractivity (Wildman–Crippen MR) is 127 cm³/mol. The number of ketones is 1. The third kappa shape index (κ3) is 6.93. The number of carbonyl (C=O) groups is 4. The van der Waals surface area contributed by atoms with Crippen LogP contribution in [-0.4, -0.2) is 83.5 Å². The van der Waals surface area contributed by atoms with Crippen LogP contribution in [0.15, 0.2) is 60.8 Å². The zero-order valence-electron chi connectivity index (χ0n) is 18.3. The van der Waals surface area contributed by atoms with Gasteiger partial charge in [-0.3, -0.25) is 14.4 Å². The predicted octanol–water partition coefficient (Wildman–Crippen LogP) is 1.38. The first-order valence-electron chi connectivity index (χ1n) is 10.3. The number of carboxylic acids is 1. The first-order chi connectivity index (χ1) is 15.8. The molecule has 1 aliphatic rings. The molecule has 0 aliphatic carbocycles. The van der Waals surface area contributed by atoms with E-state index in [1.54, 1.807) is 19.2 Å². The van der Waals surface area contributed by atoms with Crippen LogP contribution in [0.4, 0.5) is 4.79 Å². The molecule has 3 N–H and O–H groups in total. The van der Waals surface area contributed by atoms with Crippen LogP contribution in [0.2, 0.25) is 0 Å². The zero-order chi connectivity index (χ0) is 24.0. The number of carbonyl (C=O) groups excluding carboxylic acids is 3. The van der Waals surface area contributed by atoms with Crippen molar-refractivity contribution in [2.75, 3.05) is 14.2 Å². The number of ether oxygens (including phenoxy) is 1. The summed E-state index contributed by atoms with van der Waals surface area (Å²) in [6.45, 7) is 0. The second-order valence-electron chi connectivity index (χ2n) is 7.60. The van der Waals surface area contributed by atoms with E-state index < -0.39 is 35.8 Å². The summed E-state index contributed by atoms with van der Waals surface area (Å²) >= 11 is 0. The van der Waals surface area contributed by atoms with Crippen LogP contribution in [0.3, 0.4) is 0 Å². The number of likely N-dealkylation sites (N-methyl/N-ethyl adjacent to an activating group) is 1. The maximum atomic E-state index is 12.6. The first kappa shape index (κ1) is 27.1. The Labute approximate surface area is 219 Å². The molecule has 9 nitrogen and oxygen atoms in total. The molecular formula is C24H26N3NaO6. The Kier molecular flexibility index (Phi) is 9.85. The van der Waals surface area contributed by atoms with Gasteiger partial charge in [-0.05, 0) is 22.8 Å². The van der Waals surface area contributed by atoms with Gasteiger partial charge < -0.3 is 25.4 Å². The van der Waals surface area contributed by atoms with Crippen molar-refractivity contribution in [2.24, 2.45) is 0 Å². The second kappa shape index (κ2) is 12.4. The summed E-state index contributed by atoms with van der Waals surface area (Å²) < 4.78 is 5.39. The summed E-state index contributed by atoms with van der Waals surface area (Å²) in [4.78, 5) is 49.4. The molecule has 0 bridgehead atoms. The molecule has 0 saturated heterocycles. The van der Waals surface area contributed by atoms with Gasteiger partial charge in [0.25, 0.3) is 5.91 Å². The summed E-state index contributed by atoms with van der Waals surface area (Å²) in [5, 5.41) is 14.3. The van der Waals surface area contributed by atoms with E-state index in [2.05, 4.69) is 10.6 Å². The minimum absolute atomic E-state index is 0. The van der Waals surface area contributed by atoms with E-state index in [1.165, 1.54) is 24.2 Å². The number of rotatable bonds is 8. The van der Waals surface area contributed by atoms with Crippen LogP contribution in [-0.2, 0) is 20.8 Å². The number of benzene rings is 2. The summed E-state index contributed by atoms with van der Waals surface area (Å²) in [6.07, 6.45) is 2.69. The monoisotopic (exact) mass is 475 g/mol. The first-order valence-corrected chi connectivity index (χ1v) is 10.3.